The highest BCUT2D eigenvalue weighted by Crippen LogP contribution is 2.12. The molecule has 1 aromatic heterocycles. The summed E-state index contributed by atoms with van der Waals surface area (Å²) in [5.41, 5.74) is -0.610. The van der Waals surface area contributed by atoms with Crippen molar-refractivity contribution in [1.29, 1.82) is 0 Å². The van der Waals surface area contributed by atoms with Crippen LogP contribution in [0.25, 0.3) is 0 Å². The Morgan fingerprint density at radius 1 is 1.47 bits per heavy atom. The van der Waals surface area contributed by atoms with Crippen molar-refractivity contribution in [2.45, 2.75) is 19.4 Å². The molecule has 1 aromatic rings. The van der Waals surface area contributed by atoms with Gasteiger partial charge in [0.15, 0.2) is 5.76 Å². The van der Waals surface area contributed by atoms with E-state index >= 15 is 0 Å². The van der Waals surface area contributed by atoms with E-state index < -0.39 is 5.54 Å². The maximum atomic E-state index is 11.7. The van der Waals surface area contributed by atoms with Crippen molar-refractivity contribution in [2.75, 3.05) is 11.8 Å². The predicted octanol–water partition coefficient (Wildman–Crippen LogP) is 2.55. The Bertz CT molecular complexity index is 345. The minimum absolute atomic E-state index is 0.252. The molecule has 0 saturated heterocycles. The summed E-state index contributed by atoms with van der Waals surface area (Å²) in [5.74, 6) is 1.17. The molecule has 1 heterocycles. The Labute approximate surface area is 98.7 Å². The number of carbonyl (C=O) groups excluding carboxylic acids is 1. The molecule has 0 aliphatic heterocycles. The van der Waals surface area contributed by atoms with Gasteiger partial charge in [-0.1, -0.05) is 0 Å². The molecule has 5 heteroatoms. The second kappa shape index (κ2) is 4.90. The van der Waals surface area contributed by atoms with E-state index in [1.807, 2.05) is 0 Å². The smallest absolute Gasteiger partial charge is 0.287 e. The lowest BCUT2D eigenvalue weighted by atomic mass is 10.1. The lowest BCUT2D eigenvalue weighted by molar-refractivity contribution is 0.0891. The van der Waals surface area contributed by atoms with Gasteiger partial charge < -0.3 is 9.73 Å². The molecule has 0 aromatic carbocycles. The zero-order valence-electron chi connectivity index (χ0n) is 8.64. The fraction of sp³-hybridized carbons (Fsp3) is 0.500. The maximum absolute atomic E-state index is 11.7. The summed E-state index contributed by atoms with van der Waals surface area (Å²) in [5, 5.41) is 2.73. The van der Waals surface area contributed by atoms with Crippen LogP contribution in [0, 0.1) is 6.92 Å². The lowest BCUT2D eigenvalue weighted by Gasteiger charge is -2.25. The summed E-state index contributed by atoms with van der Waals surface area (Å²) in [6, 6.07) is 3.35. The van der Waals surface area contributed by atoms with E-state index in [4.69, 9.17) is 27.6 Å². The molecule has 0 saturated carbocycles. The third-order valence-electron chi connectivity index (χ3n) is 1.97. The highest BCUT2D eigenvalue weighted by molar-refractivity contribution is 6.22. The summed E-state index contributed by atoms with van der Waals surface area (Å²) >= 11 is 11.4. The molecule has 15 heavy (non-hydrogen) atoms. The molecular formula is C10H13Cl2NO2. The Morgan fingerprint density at radius 3 is 2.47 bits per heavy atom. The molecule has 0 bridgehead atoms. The summed E-state index contributed by atoms with van der Waals surface area (Å²) in [6.07, 6.45) is 0. The number of halogens is 2. The van der Waals surface area contributed by atoms with Crippen molar-refractivity contribution in [2.24, 2.45) is 0 Å². The number of alkyl halides is 2. The van der Waals surface area contributed by atoms with Crippen LogP contribution in [0.2, 0.25) is 0 Å². The van der Waals surface area contributed by atoms with Gasteiger partial charge in [-0.3, -0.25) is 4.79 Å². The Hall–Kier alpha value is -0.670. The SMILES string of the molecule is Cc1ccc(C(=O)NC(C)(CCl)CCl)o1. The summed E-state index contributed by atoms with van der Waals surface area (Å²) < 4.78 is 5.18. The van der Waals surface area contributed by atoms with E-state index in [2.05, 4.69) is 5.32 Å². The fourth-order valence-corrected chi connectivity index (χ4v) is 1.41. The van der Waals surface area contributed by atoms with Gasteiger partial charge in [0.2, 0.25) is 0 Å². The number of carbonyl (C=O) groups is 1. The first-order valence-corrected chi connectivity index (χ1v) is 5.58. The molecule has 0 aliphatic rings. The van der Waals surface area contributed by atoms with Gasteiger partial charge in [0, 0.05) is 11.8 Å². The number of rotatable bonds is 4. The van der Waals surface area contributed by atoms with E-state index in [0.717, 1.165) is 0 Å². The van der Waals surface area contributed by atoms with Gasteiger partial charge in [0.1, 0.15) is 5.76 Å². The topological polar surface area (TPSA) is 42.2 Å². The molecule has 0 fully saturated rings. The molecule has 0 spiro atoms. The Balaban J connectivity index is 2.71. The molecule has 0 aliphatic carbocycles. The first kappa shape index (κ1) is 12.4. The van der Waals surface area contributed by atoms with E-state index in [1.54, 1.807) is 26.0 Å². The number of aryl methyl sites for hydroxylation is 1. The van der Waals surface area contributed by atoms with Gasteiger partial charge in [0.05, 0.1) is 5.54 Å². The van der Waals surface area contributed by atoms with E-state index in [1.165, 1.54) is 0 Å². The van der Waals surface area contributed by atoms with Crippen molar-refractivity contribution in [3.05, 3.63) is 23.7 Å². The maximum Gasteiger partial charge on any atom is 0.287 e. The Morgan fingerprint density at radius 2 is 2.07 bits per heavy atom. The van der Waals surface area contributed by atoms with Crippen LogP contribution in [0.3, 0.4) is 0 Å². The van der Waals surface area contributed by atoms with Crippen LogP contribution in [-0.4, -0.2) is 23.2 Å². The van der Waals surface area contributed by atoms with E-state index in [0.29, 0.717) is 5.76 Å². The van der Waals surface area contributed by atoms with E-state index in [9.17, 15) is 4.79 Å². The minimum atomic E-state index is -0.610. The fourth-order valence-electron chi connectivity index (χ4n) is 0.995. The van der Waals surface area contributed by atoms with Gasteiger partial charge >= 0.3 is 0 Å². The molecule has 1 amide bonds. The Kier molecular flexibility index (Phi) is 4.05. The van der Waals surface area contributed by atoms with Crippen LogP contribution in [0.4, 0.5) is 0 Å². The first-order valence-electron chi connectivity index (χ1n) is 4.51. The number of furan rings is 1. The van der Waals surface area contributed by atoms with Crippen LogP contribution >= 0.6 is 23.2 Å². The van der Waals surface area contributed by atoms with Crippen molar-refractivity contribution < 1.29 is 9.21 Å². The monoisotopic (exact) mass is 249 g/mol. The van der Waals surface area contributed by atoms with Gasteiger partial charge in [-0.2, -0.15) is 0 Å². The third kappa shape index (κ3) is 3.14. The van der Waals surface area contributed by atoms with Crippen LogP contribution in [0.15, 0.2) is 16.5 Å². The highest BCUT2D eigenvalue weighted by atomic mass is 35.5. The van der Waals surface area contributed by atoms with E-state index in [-0.39, 0.29) is 23.4 Å². The van der Waals surface area contributed by atoms with Crippen LogP contribution < -0.4 is 5.32 Å². The minimum Gasteiger partial charge on any atom is -0.456 e. The van der Waals surface area contributed by atoms with Crippen molar-refractivity contribution in [1.82, 2.24) is 5.32 Å². The zero-order chi connectivity index (χ0) is 11.5. The van der Waals surface area contributed by atoms with Crippen molar-refractivity contribution in [3.63, 3.8) is 0 Å². The summed E-state index contributed by atoms with van der Waals surface area (Å²) in [6.45, 7) is 3.56. The predicted molar refractivity (Wildman–Crippen MR) is 60.8 cm³/mol. The van der Waals surface area contributed by atoms with Crippen LogP contribution in [0.1, 0.15) is 23.2 Å². The number of hydrogen-bond acceptors (Lipinski definition) is 2. The average Bonchev–Trinajstić information content (AvgIpc) is 2.65. The second-order valence-electron chi connectivity index (χ2n) is 3.69. The molecule has 1 N–H and O–H groups in total. The molecule has 84 valence electrons. The standard InChI is InChI=1S/C10H13Cl2NO2/c1-7-3-4-8(15-7)9(14)13-10(2,5-11)6-12/h3-4H,5-6H2,1-2H3,(H,13,14). The summed E-state index contributed by atoms with van der Waals surface area (Å²) in [7, 11) is 0. The van der Waals surface area contributed by atoms with Crippen molar-refractivity contribution >= 4 is 29.1 Å². The normalized spacial score (nSPS) is 11.5. The molecule has 1 rings (SSSR count). The molecule has 0 radical (unpaired) electrons. The molecule has 0 unspecified atom stereocenters. The molecule has 3 nitrogen and oxygen atoms in total. The number of nitrogens with one attached hydrogen (secondary N) is 1. The van der Waals surface area contributed by atoms with Crippen LogP contribution in [0.5, 0.6) is 0 Å². The zero-order valence-corrected chi connectivity index (χ0v) is 10.2. The first-order chi connectivity index (χ1) is 7.00. The van der Waals surface area contributed by atoms with Crippen LogP contribution in [-0.2, 0) is 0 Å². The van der Waals surface area contributed by atoms with Gasteiger partial charge in [-0.25, -0.2) is 0 Å². The van der Waals surface area contributed by atoms with Gasteiger partial charge in [0.25, 0.3) is 5.91 Å². The second-order valence-corrected chi connectivity index (χ2v) is 4.23. The summed E-state index contributed by atoms with van der Waals surface area (Å²) in [4.78, 5) is 11.7. The quantitative estimate of drug-likeness (QED) is 0.834. The number of amides is 1. The van der Waals surface area contributed by atoms with Crippen molar-refractivity contribution in [3.8, 4) is 0 Å². The third-order valence-corrected chi connectivity index (χ3v) is 3.15. The van der Waals surface area contributed by atoms with Gasteiger partial charge in [-0.15, -0.1) is 23.2 Å². The average molecular weight is 250 g/mol. The number of hydrogen-bond donors (Lipinski definition) is 1. The largest absolute Gasteiger partial charge is 0.456 e. The molecular weight excluding hydrogens is 237 g/mol. The van der Waals surface area contributed by atoms with Gasteiger partial charge in [-0.05, 0) is 26.0 Å². The molecule has 0 atom stereocenters. The highest BCUT2D eigenvalue weighted by Gasteiger charge is 2.25. The lowest BCUT2D eigenvalue weighted by Crippen LogP contribution is -2.49.